The van der Waals surface area contributed by atoms with Gasteiger partial charge in [0.05, 0.1) is 6.04 Å². The van der Waals surface area contributed by atoms with Crippen LogP contribution in [0.5, 0.6) is 0 Å². The summed E-state index contributed by atoms with van der Waals surface area (Å²) in [6, 6.07) is 15.1. The largest absolute Gasteiger partial charge is 0.320 e. The Kier molecular flexibility index (Phi) is 3.95. The smallest absolute Gasteiger partial charge is 0.0554 e. The van der Waals surface area contributed by atoms with Crippen molar-refractivity contribution in [2.45, 2.75) is 38.1 Å². The molecule has 1 aliphatic carbocycles. The summed E-state index contributed by atoms with van der Waals surface area (Å²) in [5.41, 5.74) is 11.7. The molecule has 1 saturated carbocycles. The van der Waals surface area contributed by atoms with E-state index >= 15 is 0 Å². The Labute approximate surface area is 129 Å². The van der Waals surface area contributed by atoms with Crippen LogP contribution in [0.3, 0.4) is 0 Å². The van der Waals surface area contributed by atoms with Gasteiger partial charge in [0.2, 0.25) is 0 Å². The van der Waals surface area contributed by atoms with Crippen molar-refractivity contribution in [1.82, 2.24) is 0 Å². The van der Waals surface area contributed by atoms with Gasteiger partial charge >= 0.3 is 0 Å². The van der Waals surface area contributed by atoms with E-state index in [0.29, 0.717) is 5.92 Å². The molecular formula is C18H20BrN. The minimum absolute atomic E-state index is 0.0291. The summed E-state index contributed by atoms with van der Waals surface area (Å²) < 4.78 is 1.14. The van der Waals surface area contributed by atoms with Crippen LogP contribution in [0.2, 0.25) is 0 Å². The quantitative estimate of drug-likeness (QED) is 0.835. The Balaban J connectivity index is 1.97. The maximum atomic E-state index is 6.54. The standard InChI is InChI=1S/C18H20BrN/c1-12-11-14(9-10-17(12)19)18(20)16-8-3-2-7-15(16)13-5-4-6-13/h2-3,7-11,13,18H,4-6,20H2,1H3. The van der Waals surface area contributed by atoms with Crippen LogP contribution in [0.1, 0.15) is 53.5 Å². The molecule has 2 aromatic rings. The first kappa shape index (κ1) is 13.8. The van der Waals surface area contributed by atoms with Gasteiger partial charge in [-0.3, -0.25) is 0 Å². The lowest BCUT2D eigenvalue weighted by atomic mass is 9.76. The molecule has 2 heteroatoms. The SMILES string of the molecule is Cc1cc(C(N)c2ccccc2C2CCC2)ccc1Br. The number of hydrogen-bond donors (Lipinski definition) is 1. The van der Waals surface area contributed by atoms with E-state index in [0.717, 1.165) is 4.47 Å². The van der Waals surface area contributed by atoms with Crippen LogP contribution in [0.15, 0.2) is 46.9 Å². The molecule has 0 amide bonds. The van der Waals surface area contributed by atoms with Crippen molar-refractivity contribution in [2.24, 2.45) is 5.73 Å². The van der Waals surface area contributed by atoms with E-state index in [9.17, 15) is 0 Å². The van der Waals surface area contributed by atoms with E-state index in [4.69, 9.17) is 5.73 Å². The van der Waals surface area contributed by atoms with Crippen LogP contribution in [0.25, 0.3) is 0 Å². The van der Waals surface area contributed by atoms with E-state index < -0.39 is 0 Å². The zero-order chi connectivity index (χ0) is 14.1. The second kappa shape index (κ2) is 5.71. The number of halogens is 1. The maximum absolute atomic E-state index is 6.54. The Bertz CT molecular complexity index is 617. The molecule has 1 aliphatic rings. The number of aryl methyl sites for hydroxylation is 1. The van der Waals surface area contributed by atoms with Crippen LogP contribution in [0, 0.1) is 6.92 Å². The van der Waals surface area contributed by atoms with Crippen LogP contribution in [-0.4, -0.2) is 0 Å². The molecule has 0 spiro atoms. The molecule has 0 aliphatic heterocycles. The van der Waals surface area contributed by atoms with Gasteiger partial charge < -0.3 is 5.73 Å². The summed E-state index contributed by atoms with van der Waals surface area (Å²) in [5, 5.41) is 0. The minimum Gasteiger partial charge on any atom is -0.320 e. The predicted molar refractivity (Wildman–Crippen MR) is 87.9 cm³/mol. The van der Waals surface area contributed by atoms with Crippen molar-refractivity contribution in [3.8, 4) is 0 Å². The van der Waals surface area contributed by atoms with Crippen molar-refractivity contribution in [1.29, 1.82) is 0 Å². The first-order chi connectivity index (χ1) is 9.66. The summed E-state index contributed by atoms with van der Waals surface area (Å²) in [4.78, 5) is 0. The predicted octanol–water partition coefficient (Wildman–Crippen LogP) is 5.07. The van der Waals surface area contributed by atoms with E-state index in [-0.39, 0.29) is 6.04 Å². The summed E-state index contributed by atoms with van der Waals surface area (Å²) in [5.74, 6) is 0.716. The van der Waals surface area contributed by atoms with Gasteiger partial charge in [-0.15, -0.1) is 0 Å². The maximum Gasteiger partial charge on any atom is 0.0554 e. The fraction of sp³-hybridized carbons (Fsp3) is 0.333. The highest BCUT2D eigenvalue weighted by Crippen LogP contribution is 2.40. The molecule has 0 radical (unpaired) electrons. The molecule has 1 fully saturated rings. The van der Waals surface area contributed by atoms with Gasteiger partial charge in [-0.1, -0.05) is 58.7 Å². The van der Waals surface area contributed by atoms with Gasteiger partial charge in [-0.25, -0.2) is 0 Å². The van der Waals surface area contributed by atoms with Crippen molar-refractivity contribution in [3.05, 3.63) is 69.2 Å². The van der Waals surface area contributed by atoms with Crippen LogP contribution in [-0.2, 0) is 0 Å². The van der Waals surface area contributed by atoms with E-state index in [1.54, 1.807) is 0 Å². The molecule has 1 unspecified atom stereocenters. The average Bonchev–Trinajstić information content (AvgIpc) is 2.40. The van der Waals surface area contributed by atoms with E-state index in [1.165, 1.54) is 41.5 Å². The molecule has 1 nitrogen and oxygen atoms in total. The molecule has 1 atom stereocenters. The molecule has 2 N–H and O–H groups in total. The topological polar surface area (TPSA) is 26.0 Å². The third kappa shape index (κ3) is 2.55. The highest BCUT2D eigenvalue weighted by Gasteiger charge is 2.24. The zero-order valence-electron chi connectivity index (χ0n) is 11.8. The highest BCUT2D eigenvalue weighted by atomic mass is 79.9. The summed E-state index contributed by atoms with van der Waals surface area (Å²) in [6.07, 6.45) is 3.97. The summed E-state index contributed by atoms with van der Waals surface area (Å²) in [6.45, 7) is 2.11. The average molecular weight is 330 g/mol. The molecule has 0 aromatic heterocycles. The number of benzene rings is 2. The summed E-state index contributed by atoms with van der Waals surface area (Å²) >= 11 is 3.55. The third-order valence-corrected chi connectivity index (χ3v) is 5.31. The van der Waals surface area contributed by atoms with E-state index in [2.05, 4.69) is 65.3 Å². The third-order valence-electron chi connectivity index (χ3n) is 4.42. The van der Waals surface area contributed by atoms with E-state index in [1.807, 2.05) is 0 Å². The molecule has 0 heterocycles. The Morgan fingerprint density at radius 2 is 1.90 bits per heavy atom. The minimum atomic E-state index is -0.0291. The number of rotatable bonds is 3. The molecule has 3 rings (SSSR count). The molecular weight excluding hydrogens is 310 g/mol. The van der Waals surface area contributed by atoms with Gasteiger partial charge in [0, 0.05) is 4.47 Å². The monoisotopic (exact) mass is 329 g/mol. The molecule has 2 aromatic carbocycles. The molecule has 104 valence electrons. The number of nitrogens with two attached hydrogens (primary N) is 1. The van der Waals surface area contributed by atoms with Gasteiger partial charge in [0.15, 0.2) is 0 Å². The molecule has 20 heavy (non-hydrogen) atoms. The first-order valence-corrected chi connectivity index (χ1v) is 8.06. The second-order valence-electron chi connectivity index (χ2n) is 5.74. The second-order valence-corrected chi connectivity index (χ2v) is 6.60. The zero-order valence-corrected chi connectivity index (χ0v) is 13.4. The van der Waals surface area contributed by atoms with Gasteiger partial charge in [0.25, 0.3) is 0 Å². The summed E-state index contributed by atoms with van der Waals surface area (Å²) in [7, 11) is 0. The lowest BCUT2D eigenvalue weighted by molar-refractivity contribution is 0.416. The Morgan fingerprint density at radius 3 is 2.55 bits per heavy atom. The Hall–Kier alpha value is -1.12. The lowest BCUT2D eigenvalue weighted by Crippen LogP contribution is -2.18. The van der Waals surface area contributed by atoms with Crippen molar-refractivity contribution >= 4 is 15.9 Å². The highest BCUT2D eigenvalue weighted by molar-refractivity contribution is 9.10. The van der Waals surface area contributed by atoms with Gasteiger partial charge in [0.1, 0.15) is 0 Å². The van der Waals surface area contributed by atoms with Crippen molar-refractivity contribution in [2.75, 3.05) is 0 Å². The lowest BCUT2D eigenvalue weighted by Gasteiger charge is -2.29. The van der Waals surface area contributed by atoms with Crippen LogP contribution < -0.4 is 5.73 Å². The number of hydrogen-bond acceptors (Lipinski definition) is 1. The van der Waals surface area contributed by atoms with Crippen molar-refractivity contribution < 1.29 is 0 Å². The van der Waals surface area contributed by atoms with Gasteiger partial charge in [-0.05, 0) is 54.0 Å². The Morgan fingerprint density at radius 1 is 1.15 bits per heavy atom. The van der Waals surface area contributed by atoms with Gasteiger partial charge in [-0.2, -0.15) is 0 Å². The van der Waals surface area contributed by atoms with Crippen LogP contribution in [0.4, 0.5) is 0 Å². The van der Waals surface area contributed by atoms with Crippen molar-refractivity contribution in [3.63, 3.8) is 0 Å². The normalized spacial score (nSPS) is 16.8. The molecule has 0 bridgehead atoms. The fourth-order valence-corrected chi connectivity index (χ4v) is 3.17. The first-order valence-electron chi connectivity index (χ1n) is 7.27. The fourth-order valence-electron chi connectivity index (χ4n) is 2.93. The molecule has 0 saturated heterocycles. The van der Waals surface area contributed by atoms with Crippen LogP contribution >= 0.6 is 15.9 Å².